The highest BCUT2D eigenvalue weighted by Crippen LogP contribution is 2.20. The molecule has 104 valence electrons. The quantitative estimate of drug-likeness (QED) is 0.800. The van der Waals surface area contributed by atoms with Crippen LogP contribution in [0.5, 0.6) is 0 Å². The van der Waals surface area contributed by atoms with E-state index in [-0.39, 0.29) is 11.9 Å². The summed E-state index contributed by atoms with van der Waals surface area (Å²) in [6, 6.07) is 7.32. The molecule has 0 saturated heterocycles. The highest BCUT2D eigenvalue weighted by atomic mass is 16.5. The van der Waals surface area contributed by atoms with Gasteiger partial charge in [0.15, 0.2) is 0 Å². The summed E-state index contributed by atoms with van der Waals surface area (Å²) >= 11 is 0. The molecule has 0 saturated carbocycles. The summed E-state index contributed by atoms with van der Waals surface area (Å²) in [5.74, 6) is -0.384. The van der Waals surface area contributed by atoms with Crippen LogP contribution in [0, 0.1) is 5.41 Å². The van der Waals surface area contributed by atoms with Crippen molar-refractivity contribution in [2.24, 2.45) is 5.41 Å². The summed E-state index contributed by atoms with van der Waals surface area (Å²) in [4.78, 5) is 22.5. The molecular formula is C14H20N2O3. The monoisotopic (exact) mass is 264 g/mol. The molecule has 0 spiro atoms. The van der Waals surface area contributed by atoms with E-state index in [4.69, 9.17) is 4.74 Å². The zero-order valence-corrected chi connectivity index (χ0v) is 11.7. The number of esters is 1. The van der Waals surface area contributed by atoms with Gasteiger partial charge in [0.2, 0.25) is 5.91 Å². The Kier molecular flexibility index (Phi) is 4.92. The molecule has 1 aromatic rings. The van der Waals surface area contributed by atoms with Crippen LogP contribution in [0.3, 0.4) is 0 Å². The molecule has 0 aliphatic heterocycles. The molecule has 19 heavy (non-hydrogen) atoms. The molecule has 0 unspecified atom stereocenters. The van der Waals surface area contributed by atoms with Crippen LogP contribution in [0.2, 0.25) is 0 Å². The smallest absolute Gasteiger partial charge is 0.313 e. The average Bonchev–Trinajstić information content (AvgIpc) is 2.35. The van der Waals surface area contributed by atoms with Gasteiger partial charge in [0, 0.05) is 24.8 Å². The van der Waals surface area contributed by atoms with Crippen molar-refractivity contribution in [1.29, 1.82) is 0 Å². The van der Waals surface area contributed by atoms with E-state index in [2.05, 4.69) is 10.6 Å². The number of rotatable bonds is 5. The minimum Gasteiger partial charge on any atom is -0.469 e. The predicted molar refractivity (Wildman–Crippen MR) is 75.0 cm³/mol. The van der Waals surface area contributed by atoms with E-state index in [1.165, 1.54) is 14.0 Å². The van der Waals surface area contributed by atoms with E-state index < -0.39 is 5.41 Å². The van der Waals surface area contributed by atoms with Crippen molar-refractivity contribution in [2.75, 3.05) is 24.3 Å². The highest BCUT2D eigenvalue weighted by Gasteiger charge is 2.28. The standard InChI is InChI=1S/C14H20N2O3/c1-10(17)16-12-7-5-6-11(8-12)15-9-14(2,3)13(18)19-4/h5-8,15H,9H2,1-4H3,(H,16,17). The Labute approximate surface area is 113 Å². The van der Waals surface area contributed by atoms with Crippen molar-refractivity contribution in [3.63, 3.8) is 0 Å². The average molecular weight is 264 g/mol. The number of amides is 1. The second-order valence-electron chi connectivity index (χ2n) is 4.99. The number of hydrogen-bond acceptors (Lipinski definition) is 4. The third-order valence-corrected chi connectivity index (χ3v) is 2.66. The van der Waals surface area contributed by atoms with Gasteiger partial charge in [0.1, 0.15) is 0 Å². The Bertz CT molecular complexity index is 470. The molecule has 0 radical (unpaired) electrons. The lowest BCUT2D eigenvalue weighted by Gasteiger charge is -2.22. The van der Waals surface area contributed by atoms with Gasteiger partial charge in [-0.05, 0) is 32.0 Å². The van der Waals surface area contributed by atoms with Gasteiger partial charge in [-0.2, -0.15) is 0 Å². The summed E-state index contributed by atoms with van der Waals surface area (Å²) < 4.78 is 4.74. The normalized spacial score (nSPS) is 10.7. The lowest BCUT2D eigenvalue weighted by atomic mass is 9.93. The van der Waals surface area contributed by atoms with Crippen molar-refractivity contribution in [2.45, 2.75) is 20.8 Å². The predicted octanol–water partition coefficient (Wildman–Crippen LogP) is 2.26. The molecule has 0 aromatic heterocycles. The number of benzene rings is 1. The molecule has 5 nitrogen and oxygen atoms in total. The van der Waals surface area contributed by atoms with Crippen LogP contribution >= 0.6 is 0 Å². The van der Waals surface area contributed by atoms with Crippen LogP contribution in [0.25, 0.3) is 0 Å². The summed E-state index contributed by atoms with van der Waals surface area (Å²) in [6.07, 6.45) is 0. The largest absolute Gasteiger partial charge is 0.469 e. The maximum atomic E-state index is 11.5. The Morgan fingerprint density at radius 2 is 1.89 bits per heavy atom. The summed E-state index contributed by atoms with van der Waals surface area (Å²) in [6.45, 7) is 5.52. The van der Waals surface area contributed by atoms with Crippen molar-refractivity contribution in [3.05, 3.63) is 24.3 Å². The molecule has 1 aromatic carbocycles. The number of carbonyl (C=O) groups excluding carboxylic acids is 2. The van der Waals surface area contributed by atoms with Crippen molar-refractivity contribution < 1.29 is 14.3 Å². The number of carbonyl (C=O) groups is 2. The van der Waals surface area contributed by atoms with Gasteiger partial charge < -0.3 is 15.4 Å². The molecule has 0 atom stereocenters. The van der Waals surface area contributed by atoms with Gasteiger partial charge in [-0.15, -0.1) is 0 Å². The molecule has 0 fully saturated rings. The fraction of sp³-hybridized carbons (Fsp3) is 0.429. The highest BCUT2D eigenvalue weighted by molar-refractivity contribution is 5.89. The first-order valence-electron chi connectivity index (χ1n) is 6.05. The number of methoxy groups -OCH3 is 1. The van der Waals surface area contributed by atoms with Crippen molar-refractivity contribution in [3.8, 4) is 0 Å². The molecule has 5 heteroatoms. The zero-order valence-electron chi connectivity index (χ0n) is 11.7. The molecule has 0 heterocycles. The minimum atomic E-state index is -0.612. The van der Waals surface area contributed by atoms with Gasteiger partial charge in [-0.3, -0.25) is 9.59 Å². The van der Waals surface area contributed by atoms with Crippen LogP contribution in [0.15, 0.2) is 24.3 Å². The summed E-state index contributed by atoms with van der Waals surface area (Å²) in [5.41, 5.74) is 0.940. The molecule has 1 rings (SSSR count). The van der Waals surface area contributed by atoms with Gasteiger partial charge in [0.25, 0.3) is 0 Å². The molecule has 2 N–H and O–H groups in total. The zero-order chi connectivity index (χ0) is 14.5. The Balaban J connectivity index is 2.67. The third-order valence-electron chi connectivity index (χ3n) is 2.66. The van der Waals surface area contributed by atoms with E-state index in [9.17, 15) is 9.59 Å². The van der Waals surface area contributed by atoms with E-state index in [0.717, 1.165) is 5.69 Å². The van der Waals surface area contributed by atoms with E-state index >= 15 is 0 Å². The van der Waals surface area contributed by atoms with Gasteiger partial charge in [-0.25, -0.2) is 0 Å². The molecular weight excluding hydrogens is 244 g/mol. The van der Waals surface area contributed by atoms with Crippen LogP contribution in [-0.2, 0) is 14.3 Å². The van der Waals surface area contributed by atoms with Crippen LogP contribution in [-0.4, -0.2) is 25.5 Å². The third kappa shape index (κ3) is 4.62. The van der Waals surface area contributed by atoms with Gasteiger partial charge in [-0.1, -0.05) is 6.07 Å². The molecule has 1 amide bonds. The first-order valence-corrected chi connectivity index (χ1v) is 6.05. The lowest BCUT2D eigenvalue weighted by Crippen LogP contribution is -2.33. The summed E-state index contributed by atoms with van der Waals surface area (Å²) in [7, 11) is 1.38. The van der Waals surface area contributed by atoms with E-state index in [1.807, 2.05) is 32.0 Å². The maximum Gasteiger partial charge on any atom is 0.313 e. The molecule has 0 aliphatic carbocycles. The second kappa shape index (κ2) is 6.22. The van der Waals surface area contributed by atoms with Crippen LogP contribution in [0.4, 0.5) is 11.4 Å². The van der Waals surface area contributed by atoms with Crippen LogP contribution < -0.4 is 10.6 Å². The number of anilines is 2. The SMILES string of the molecule is COC(=O)C(C)(C)CNc1cccc(NC(C)=O)c1. The first kappa shape index (κ1) is 15.0. The number of ether oxygens (including phenoxy) is 1. The molecule has 0 aliphatic rings. The minimum absolute atomic E-state index is 0.118. The maximum absolute atomic E-state index is 11.5. The number of nitrogens with one attached hydrogen (secondary N) is 2. The van der Waals surface area contributed by atoms with E-state index in [1.54, 1.807) is 6.07 Å². The van der Waals surface area contributed by atoms with Crippen molar-refractivity contribution in [1.82, 2.24) is 0 Å². The van der Waals surface area contributed by atoms with Crippen LogP contribution in [0.1, 0.15) is 20.8 Å². The second-order valence-corrected chi connectivity index (χ2v) is 4.99. The fourth-order valence-corrected chi connectivity index (χ4v) is 1.58. The first-order chi connectivity index (χ1) is 8.85. The fourth-order valence-electron chi connectivity index (χ4n) is 1.58. The number of hydrogen-bond donors (Lipinski definition) is 2. The van der Waals surface area contributed by atoms with Gasteiger partial charge >= 0.3 is 5.97 Å². The van der Waals surface area contributed by atoms with Gasteiger partial charge in [0.05, 0.1) is 12.5 Å². The lowest BCUT2D eigenvalue weighted by molar-refractivity contribution is -0.149. The molecule has 0 bridgehead atoms. The Morgan fingerprint density at radius 3 is 2.47 bits per heavy atom. The Morgan fingerprint density at radius 1 is 1.26 bits per heavy atom. The topological polar surface area (TPSA) is 67.4 Å². The summed E-state index contributed by atoms with van der Waals surface area (Å²) in [5, 5.41) is 5.87. The van der Waals surface area contributed by atoms with Crippen molar-refractivity contribution >= 4 is 23.3 Å². The Hall–Kier alpha value is -2.04. The van der Waals surface area contributed by atoms with E-state index in [0.29, 0.717) is 12.2 Å².